The van der Waals surface area contributed by atoms with Crippen molar-refractivity contribution in [3.05, 3.63) is 30.2 Å². The van der Waals surface area contributed by atoms with Gasteiger partial charge >= 0.3 is 0 Å². The van der Waals surface area contributed by atoms with Crippen LogP contribution in [0.15, 0.2) is 38.9 Å². The Hall–Kier alpha value is -3.01. The van der Waals surface area contributed by atoms with Crippen molar-refractivity contribution in [1.29, 1.82) is 0 Å². The molecule has 1 aromatic heterocycles. The molecule has 0 saturated carbocycles. The Labute approximate surface area is 145 Å². The molecule has 3 rings (SSSR count). The molecule has 0 unspecified atom stereocenters. The molecule has 1 aliphatic heterocycles. The van der Waals surface area contributed by atoms with E-state index in [4.69, 9.17) is 10.8 Å². The third-order valence-corrected chi connectivity index (χ3v) is 3.97. The van der Waals surface area contributed by atoms with E-state index in [0.29, 0.717) is 49.6 Å². The lowest BCUT2D eigenvalue weighted by Gasteiger charge is -2.09. The fraction of sp³-hybridized carbons (Fsp3) is 0.389. The zero-order valence-corrected chi connectivity index (χ0v) is 14.0. The van der Waals surface area contributed by atoms with Crippen molar-refractivity contribution >= 4 is 11.6 Å². The second-order valence-corrected chi connectivity index (χ2v) is 5.87. The van der Waals surface area contributed by atoms with E-state index in [1.807, 2.05) is 31.2 Å². The molecule has 1 aromatic carbocycles. The molecule has 0 aliphatic carbocycles. The third-order valence-electron chi connectivity index (χ3n) is 3.97. The molecule has 1 amide bonds. The van der Waals surface area contributed by atoms with Gasteiger partial charge in [0.2, 0.25) is 17.7 Å². The number of amides is 1. The molecule has 7 nitrogen and oxygen atoms in total. The molecule has 0 bridgehead atoms. The van der Waals surface area contributed by atoms with Crippen LogP contribution in [0.3, 0.4) is 0 Å². The summed E-state index contributed by atoms with van der Waals surface area (Å²) in [4.78, 5) is 12.2. The number of anilines is 1. The lowest BCUT2D eigenvalue weighted by atomic mass is 10.0. The largest absolute Gasteiger partial charge is 0.421 e. The van der Waals surface area contributed by atoms with Crippen LogP contribution in [-0.2, 0) is 11.2 Å². The highest BCUT2D eigenvalue weighted by Gasteiger charge is 2.39. The molecule has 2 aromatic rings. The summed E-state index contributed by atoms with van der Waals surface area (Å²) in [5.41, 5.74) is 1.01. The maximum Gasteiger partial charge on any atom is 0.247 e. The van der Waals surface area contributed by atoms with E-state index in [1.165, 1.54) is 0 Å². The summed E-state index contributed by atoms with van der Waals surface area (Å²) in [6, 6.07) is 7.32. The molecule has 0 saturated heterocycles. The Morgan fingerprint density at radius 1 is 1.32 bits per heavy atom. The van der Waals surface area contributed by atoms with Crippen molar-refractivity contribution in [1.82, 2.24) is 10.2 Å². The minimum Gasteiger partial charge on any atom is -0.421 e. The van der Waals surface area contributed by atoms with Crippen molar-refractivity contribution in [3.8, 4) is 23.8 Å². The third kappa shape index (κ3) is 4.29. The number of rotatable bonds is 8. The zero-order valence-electron chi connectivity index (χ0n) is 14.0. The number of hydrogen-bond donors (Lipinski definition) is 1. The molecular weight excluding hydrogens is 318 g/mol. The predicted octanol–water partition coefficient (Wildman–Crippen LogP) is 3.59. The molecule has 0 fully saturated rings. The number of aryl methyl sites for hydroxylation is 1. The second kappa shape index (κ2) is 7.26. The number of carbonyl (C=O) groups excluding carboxylic acids is 1. The van der Waals surface area contributed by atoms with Gasteiger partial charge in [-0.3, -0.25) is 4.79 Å². The van der Waals surface area contributed by atoms with Crippen LogP contribution in [0, 0.1) is 12.3 Å². The Morgan fingerprint density at radius 3 is 2.84 bits per heavy atom. The number of hydrogen-bond acceptors (Lipinski definition) is 6. The van der Waals surface area contributed by atoms with Crippen LogP contribution in [-0.4, -0.2) is 21.8 Å². The van der Waals surface area contributed by atoms with Gasteiger partial charge < -0.3 is 9.73 Å². The summed E-state index contributed by atoms with van der Waals surface area (Å²) in [7, 11) is 0. The Morgan fingerprint density at radius 2 is 2.16 bits per heavy atom. The molecule has 1 aliphatic rings. The van der Waals surface area contributed by atoms with Gasteiger partial charge in [-0.1, -0.05) is 13.0 Å². The lowest BCUT2D eigenvalue weighted by molar-refractivity contribution is -0.116. The quantitative estimate of drug-likeness (QED) is 0.745. The summed E-state index contributed by atoms with van der Waals surface area (Å²) in [6.45, 7) is 1.95. The van der Waals surface area contributed by atoms with Gasteiger partial charge in [0.25, 0.3) is 0 Å². The lowest BCUT2D eigenvalue weighted by Crippen LogP contribution is -2.17. The van der Waals surface area contributed by atoms with Gasteiger partial charge in [0.1, 0.15) is 0 Å². The van der Waals surface area contributed by atoms with Crippen molar-refractivity contribution in [2.24, 2.45) is 10.2 Å². The number of nitrogens with zero attached hydrogens (tertiary/aromatic N) is 4. The fourth-order valence-electron chi connectivity index (χ4n) is 2.45. The molecule has 2 heterocycles. The minimum atomic E-state index is -0.439. The molecule has 0 radical (unpaired) electrons. The topological polar surface area (TPSA) is 92.7 Å². The van der Waals surface area contributed by atoms with E-state index in [-0.39, 0.29) is 5.91 Å². The van der Waals surface area contributed by atoms with Crippen molar-refractivity contribution < 1.29 is 9.21 Å². The van der Waals surface area contributed by atoms with Gasteiger partial charge in [-0.15, -0.1) is 22.5 Å². The van der Waals surface area contributed by atoms with Crippen LogP contribution in [0.25, 0.3) is 11.5 Å². The van der Waals surface area contributed by atoms with Crippen LogP contribution in [0.1, 0.15) is 38.5 Å². The second-order valence-electron chi connectivity index (χ2n) is 5.87. The molecule has 1 N–H and O–H groups in total. The molecule has 7 heteroatoms. The van der Waals surface area contributed by atoms with E-state index < -0.39 is 5.66 Å². The average Bonchev–Trinajstić information content (AvgIpc) is 3.23. The van der Waals surface area contributed by atoms with Gasteiger partial charge in [-0.2, -0.15) is 10.2 Å². The monoisotopic (exact) mass is 337 g/mol. The highest BCUT2D eigenvalue weighted by Crippen LogP contribution is 2.37. The van der Waals surface area contributed by atoms with E-state index in [1.54, 1.807) is 0 Å². The molecule has 128 valence electrons. The predicted molar refractivity (Wildman–Crippen MR) is 92.6 cm³/mol. The first-order valence-electron chi connectivity index (χ1n) is 8.24. The zero-order chi connectivity index (χ0) is 17.7. The van der Waals surface area contributed by atoms with Crippen LogP contribution in [0.5, 0.6) is 0 Å². The highest BCUT2D eigenvalue weighted by molar-refractivity contribution is 5.91. The number of nitrogens with one attached hydrogen (secondary N) is 1. The van der Waals surface area contributed by atoms with Gasteiger partial charge in [0, 0.05) is 43.4 Å². The number of benzene rings is 1. The minimum absolute atomic E-state index is 0.0886. The normalized spacial score (nSPS) is 14.1. The number of terminal acetylenes is 1. The molecule has 0 spiro atoms. The van der Waals surface area contributed by atoms with Crippen LogP contribution < -0.4 is 5.32 Å². The number of carbonyl (C=O) groups is 1. The standard InChI is InChI=1S/C18H19N5O2/c1-3-5-10-18(22-23-18)11-9-15(24)19-14-8-6-7-13(12-14)17-21-20-16(4-2)25-17/h1,6-8,12H,4-5,9-11H2,2H3,(H,19,24). The van der Waals surface area contributed by atoms with Crippen molar-refractivity contribution in [2.45, 2.75) is 44.7 Å². The van der Waals surface area contributed by atoms with Crippen molar-refractivity contribution in [2.75, 3.05) is 5.32 Å². The van der Waals surface area contributed by atoms with Crippen LogP contribution in [0.4, 0.5) is 5.69 Å². The van der Waals surface area contributed by atoms with Crippen LogP contribution in [0.2, 0.25) is 0 Å². The smallest absolute Gasteiger partial charge is 0.247 e. The fourth-order valence-corrected chi connectivity index (χ4v) is 2.45. The summed E-state index contributed by atoms with van der Waals surface area (Å²) in [5.74, 6) is 3.51. The van der Waals surface area contributed by atoms with E-state index in [0.717, 1.165) is 5.56 Å². The first-order chi connectivity index (χ1) is 12.1. The van der Waals surface area contributed by atoms with Gasteiger partial charge in [0.15, 0.2) is 5.66 Å². The van der Waals surface area contributed by atoms with E-state index in [9.17, 15) is 4.79 Å². The molecule has 25 heavy (non-hydrogen) atoms. The Kier molecular flexibility index (Phi) is 4.89. The van der Waals surface area contributed by atoms with Crippen LogP contribution >= 0.6 is 0 Å². The Bertz CT molecular complexity index is 828. The summed E-state index contributed by atoms with van der Waals surface area (Å²) < 4.78 is 5.54. The number of aromatic nitrogens is 2. The van der Waals surface area contributed by atoms with E-state index >= 15 is 0 Å². The molecular formula is C18H19N5O2. The average molecular weight is 337 g/mol. The summed E-state index contributed by atoms with van der Waals surface area (Å²) >= 11 is 0. The Balaban J connectivity index is 1.57. The SMILES string of the molecule is C#CCCC1(CCC(=O)Nc2cccc(-c3nnc(CC)o3)c2)N=N1. The molecule has 0 atom stereocenters. The highest BCUT2D eigenvalue weighted by atomic mass is 16.4. The summed E-state index contributed by atoms with van der Waals surface area (Å²) in [6.07, 6.45) is 8.16. The van der Waals surface area contributed by atoms with Gasteiger partial charge in [-0.25, -0.2) is 0 Å². The first kappa shape index (κ1) is 16.8. The van der Waals surface area contributed by atoms with E-state index in [2.05, 4.69) is 31.7 Å². The van der Waals surface area contributed by atoms with Gasteiger partial charge in [0.05, 0.1) is 0 Å². The first-order valence-corrected chi connectivity index (χ1v) is 8.24. The maximum atomic E-state index is 12.2. The maximum absolute atomic E-state index is 12.2. The van der Waals surface area contributed by atoms with Gasteiger partial charge in [-0.05, 0) is 18.2 Å². The van der Waals surface area contributed by atoms with Crippen molar-refractivity contribution in [3.63, 3.8) is 0 Å². The summed E-state index contributed by atoms with van der Waals surface area (Å²) in [5, 5.41) is 18.9.